The number of thioether (sulfide) groups is 1. The van der Waals surface area contributed by atoms with E-state index in [-0.39, 0.29) is 37.8 Å². The van der Waals surface area contributed by atoms with Gasteiger partial charge in [0.2, 0.25) is 0 Å². The molecule has 2 saturated heterocycles. The van der Waals surface area contributed by atoms with E-state index in [1.807, 2.05) is 0 Å². The molecule has 0 N–H and O–H groups in total. The molecule has 7 heteroatoms. The van der Waals surface area contributed by atoms with Gasteiger partial charge in [-0.05, 0) is 18.1 Å². The van der Waals surface area contributed by atoms with Crippen LogP contribution in [0, 0.1) is 11.3 Å². The Morgan fingerprint density at radius 3 is 1.96 bits per heavy atom. The summed E-state index contributed by atoms with van der Waals surface area (Å²) in [5, 5.41) is 9.77. The van der Waals surface area contributed by atoms with Crippen molar-refractivity contribution in [2.24, 2.45) is 0 Å². The first kappa shape index (κ1) is 23.4. The smallest absolute Gasteiger partial charge is 0.349 e. The Morgan fingerprint density at radius 1 is 1.04 bits per heavy atom. The molecule has 27 heavy (non-hydrogen) atoms. The van der Waals surface area contributed by atoms with E-state index >= 15 is 0 Å². The summed E-state index contributed by atoms with van der Waals surface area (Å²) in [7, 11) is -4.58. The molecule has 0 aliphatic carbocycles. The maximum Gasteiger partial charge on any atom is 0.349 e. The summed E-state index contributed by atoms with van der Waals surface area (Å²) in [6, 6.07) is 2.49. The van der Waals surface area contributed by atoms with Gasteiger partial charge in [0, 0.05) is 10.1 Å². The van der Waals surface area contributed by atoms with Gasteiger partial charge in [0.05, 0.1) is 30.1 Å². The fourth-order valence-electron chi connectivity index (χ4n) is 4.09. The van der Waals surface area contributed by atoms with Crippen molar-refractivity contribution in [2.45, 2.75) is 113 Å². The Kier molecular flexibility index (Phi) is 6.19. The SMILES string of the molecule is CC(C)(C)[Si](C)(C)O[C@@H]1[C@@H]2O[Si](C(C)(C)C)(C(C)(C)C)OC[C@H]2S[C@H]1C#N. The van der Waals surface area contributed by atoms with Gasteiger partial charge in [-0.1, -0.05) is 62.3 Å². The van der Waals surface area contributed by atoms with Crippen LogP contribution in [0.2, 0.25) is 28.2 Å². The van der Waals surface area contributed by atoms with E-state index in [2.05, 4.69) is 81.5 Å². The van der Waals surface area contributed by atoms with E-state index in [9.17, 15) is 5.26 Å². The molecule has 156 valence electrons. The van der Waals surface area contributed by atoms with Gasteiger partial charge in [0.25, 0.3) is 0 Å². The van der Waals surface area contributed by atoms with Crippen molar-refractivity contribution in [1.29, 1.82) is 5.26 Å². The zero-order chi connectivity index (χ0) is 21.1. The first-order valence-electron chi connectivity index (χ1n) is 10.0. The first-order valence-corrected chi connectivity index (χ1v) is 15.7. The lowest BCUT2D eigenvalue weighted by atomic mass is 10.1. The average molecular weight is 430 g/mol. The highest BCUT2D eigenvalue weighted by Gasteiger charge is 2.65. The van der Waals surface area contributed by atoms with E-state index in [4.69, 9.17) is 13.3 Å². The monoisotopic (exact) mass is 429 g/mol. The van der Waals surface area contributed by atoms with Gasteiger partial charge < -0.3 is 13.3 Å². The Labute approximate surface area is 173 Å². The lowest BCUT2D eigenvalue weighted by molar-refractivity contribution is -0.0249. The molecule has 0 amide bonds. The zero-order valence-corrected chi connectivity index (χ0v) is 21.9. The second-order valence-corrected chi connectivity index (χ2v) is 22.5. The van der Waals surface area contributed by atoms with Gasteiger partial charge in [-0.25, -0.2) is 0 Å². The van der Waals surface area contributed by atoms with Gasteiger partial charge in [-0.15, -0.1) is 11.8 Å². The summed E-state index contributed by atoms with van der Waals surface area (Å²) < 4.78 is 20.4. The van der Waals surface area contributed by atoms with Gasteiger partial charge in [0.15, 0.2) is 8.32 Å². The number of fused-ring (bicyclic) bond motifs is 1. The van der Waals surface area contributed by atoms with Crippen molar-refractivity contribution in [1.82, 2.24) is 0 Å². The van der Waals surface area contributed by atoms with Crippen molar-refractivity contribution in [3.8, 4) is 6.07 Å². The van der Waals surface area contributed by atoms with Gasteiger partial charge in [0.1, 0.15) is 5.25 Å². The van der Waals surface area contributed by atoms with Crippen LogP contribution < -0.4 is 0 Å². The quantitative estimate of drug-likeness (QED) is 0.516. The fraction of sp³-hybridized carbons (Fsp3) is 0.950. The first-order chi connectivity index (χ1) is 12.0. The Bertz CT molecular complexity index is 584. The molecule has 0 spiro atoms. The highest BCUT2D eigenvalue weighted by molar-refractivity contribution is 8.01. The molecule has 0 aromatic carbocycles. The molecule has 0 saturated carbocycles. The zero-order valence-electron chi connectivity index (χ0n) is 19.1. The van der Waals surface area contributed by atoms with E-state index in [0.717, 1.165) is 0 Å². The summed E-state index contributed by atoms with van der Waals surface area (Å²) in [5.41, 5.74) is 0. The summed E-state index contributed by atoms with van der Waals surface area (Å²) in [6.07, 6.45) is -0.237. The van der Waals surface area contributed by atoms with Crippen molar-refractivity contribution < 1.29 is 13.3 Å². The van der Waals surface area contributed by atoms with E-state index in [1.54, 1.807) is 11.8 Å². The lowest BCUT2D eigenvalue weighted by Crippen LogP contribution is -2.65. The molecular formula is C20H39NO3SSi2. The minimum absolute atomic E-state index is 0.0624. The maximum absolute atomic E-state index is 9.81. The maximum atomic E-state index is 9.81. The summed E-state index contributed by atoms with van der Waals surface area (Å²) in [6.45, 7) is 25.3. The third-order valence-corrected chi connectivity index (χ3v) is 17.4. The van der Waals surface area contributed by atoms with Crippen molar-refractivity contribution >= 4 is 28.6 Å². The van der Waals surface area contributed by atoms with E-state index in [0.29, 0.717) is 6.61 Å². The molecule has 0 unspecified atom stereocenters. The van der Waals surface area contributed by atoms with Crippen LogP contribution >= 0.6 is 11.8 Å². The van der Waals surface area contributed by atoms with Crippen LogP contribution in [0.4, 0.5) is 0 Å². The predicted molar refractivity (Wildman–Crippen MR) is 119 cm³/mol. The third-order valence-electron chi connectivity index (χ3n) is 6.40. The molecule has 0 bridgehead atoms. The molecule has 0 aromatic rings. The van der Waals surface area contributed by atoms with Crippen molar-refractivity contribution in [2.75, 3.05) is 6.61 Å². The average Bonchev–Trinajstić information content (AvgIpc) is 2.80. The Morgan fingerprint density at radius 2 is 1.56 bits per heavy atom. The molecular weight excluding hydrogens is 390 g/mol. The Balaban J connectivity index is 2.41. The second-order valence-electron chi connectivity index (χ2n) is 11.6. The highest BCUT2D eigenvalue weighted by atomic mass is 32.2. The predicted octanol–water partition coefficient (Wildman–Crippen LogP) is 5.84. The van der Waals surface area contributed by atoms with Crippen molar-refractivity contribution in [3.63, 3.8) is 0 Å². The van der Waals surface area contributed by atoms with Crippen molar-refractivity contribution in [3.05, 3.63) is 0 Å². The van der Waals surface area contributed by atoms with Gasteiger partial charge in [-0.2, -0.15) is 5.26 Å². The molecule has 2 fully saturated rings. The van der Waals surface area contributed by atoms with Crippen LogP contribution in [0.5, 0.6) is 0 Å². The molecule has 2 aliphatic heterocycles. The van der Waals surface area contributed by atoms with Gasteiger partial charge in [-0.3, -0.25) is 0 Å². The summed E-state index contributed by atoms with van der Waals surface area (Å²) in [4.78, 5) is 0. The summed E-state index contributed by atoms with van der Waals surface area (Å²) >= 11 is 1.68. The topological polar surface area (TPSA) is 51.5 Å². The Hall–Kier alpha value is 0.154. The van der Waals surface area contributed by atoms with Crippen LogP contribution in [0.3, 0.4) is 0 Å². The lowest BCUT2D eigenvalue weighted by Gasteiger charge is -2.54. The molecule has 2 aliphatic rings. The summed E-state index contributed by atoms with van der Waals surface area (Å²) in [5.74, 6) is 0. The van der Waals surface area contributed by atoms with Crippen LogP contribution in [0.15, 0.2) is 0 Å². The third kappa shape index (κ3) is 4.08. The molecule has 0 aromatic heterocycles. The fourth-order valence-corrected chi connectivity index (χ4v) is 12.0. The molecule has 4 atom stereocenters. The number of hydrogen-bond donors (Lipinski definition) is 0. The largest absolute Gasteiger partial charge is 0.409 e. The minimum atomic E-state index is -2.56. The molecule has 2 heterocycles. The number of nitrogens with zero attached hydrogens (tertiary/aromatic N) is 1. The van der Waals surface area contributed by atoms with E-state index < -0.39 is 16.9 Å². The van der Waals surface area contributed by atoms with Crippen LogP contribution in [-0.4, -0.2) is 46.2 Å². The molecule has 2 rings (SSSR count). The molecule has 4 nitrogen and oxygen atoms in total. The number of rotatable bonds is 2. The second kappa shape index (κ2) is 7.14. The minimum Gasteiger partial charge on any atom is -0.409 e. The van der Waals surface area contributed by atoms with Crippen LogP contribution in [0.25, 0.3) is 0 Å². The standard InChI is InChI=1S/C20H39NO3SSi2/c1-18(2,3)26(10,11)23-16-14(12-21)25-15-13-22-27(19(4,5)6,20(7,8)9)24-17(15)16/h14-17H,13H2,1-11H3/t14-,15+,16-,17+/m0/s1. The van der Waals surface area contributed by atoms with Crippen LogP contribution in [0.1, 0.15) is 62.3 Å². The number of nitriles is 1. The van der Waals surface area contributed by atoms with Crippen LogP contribution in [-0.2, 0) is 13.3 Å². The van der Waals surface area contributed by atoms with Gasteiger partial charge >= 0.3 is 8.56 Å². The van der Waals surface area contributed by atoms with E-state index in [1.165, 1.54) is 0 Å². The molecule has 0 radical (unpaired) electrons. The normalized spacial score (nSPS) is 32.1. The number of hydrogen-bond acceptors (Lipinski definition) is 5. The highest BCUT2D eigenvalue weighted by Crippen LogP contribution is 2.57.